The molecule has 3 fully saturated rings. The van der Waals surface area contributed by atoms with Crippen LogP contribution in [0.5, 0.6) is 0 Å². The lowest BCUT2D eigenvalue weighted by Crippen LogP contribution is -2.54. The number of imidazole rings is 2. The molecule has 3 aromatic carbocycles. The van der Waals surface area contributed by atoms with Crippen LogP contribution in [0, 0.1) is 11.8 Å². The van der Waals surface area contributed by atoms with Crippen LogP contribution in [0.25, 0.3) is 44.4 Å². The molecule has 1 saturated carbocycles. The number of ether oxygens (including phenoxy) is 2. The summed E-state index contributed by atoms with van der Waals surface area (Å²) in [6, 6.07) is 20.5. The number of H-pyrrole nitrogens is 2. The Bertz CT molecular complexity index is 2250. The number of aromatic nitrogens is 4. The Hall–Kier alpha value is -5.65. The van der Waals surface area contributed by atoms with Gasteiger partial charge in [-0.1, -0.05) is 62.4 Å². The number of alkyl carbamates (subject to hydrolysis) is 1. The van der Waals surface area contributed by atoms with Crippen LogP contribution in [-0.4, -0.2) is 79.2 Å². The van der Waals surface area contributed by atoms with E-state index < -0.39 is 17.7 Å². The van der Waals surface area contributed by atoms with E-state index in [0.717, 1.165) is 88.2 Å². The molecular weight excluding hydrogens is 707 g/mol. The Kier molecular flexibility index (Phi) is 9.84. The second-order valence-corrected chi connectivity index (χ2v) is 16.8. The van der Waals surface area contributed by atoms with Gasteiger partial charge < -0.3 is 29.7 Å². The van der Waals surface area contributed by atoms with Gasteiger partial charge in [-0.3, -0.25) is 9.69 Å². The zero-order valence-electron chi connectivity index (χ0n) is 33.0. The predicted molar refractivity (Wildman–Crippen MR) is 214 cm³/mol. The molecule has 3 amide bonds. The molecular formula is C44H51N7O5. The molecule has 0 radical (unpaired) electrons. The fourth-order valence-electron chi connectivity index (χ4n) is 8.83. The average Bonchev–Trinajstić information content (AvgIpc) is 4.04. The number of fused-ring (bicyclic) bond motifs is 3. The monoisotopic (exact) mass is 757 g/mol. The minimum Gasteiger partial charge on any atom is -0.453 e. The summed E-state index contributed by atoms with van der Waals surface area (Å²) in [4.78, 5) is 59.2. The maximum atomic E-state index is 13.9. The summed E-state index contributed by atoms with van der Waals surface area (Å²) in [5, 5.41) is 5.01. The largest absolute Gasteiger partial charge is 0.453 e. The van der Waals surface area contributed by atoms with Crippen molar-refractivity contribution in [3.05, 3.63) is 84.7 Å². The minimum atomic E-state index is -0.672. The second kappa shape index (κ2) is 14.8. The number of nitrogens with zero attached hydrogens (tertiary/aromatic N) is 4. The number of nitrogens with one attached hydrogen (secondary N) is 3. The number of hydrogen-bond donors (Lipinski definition) is 3. The maximum Gasteiger partial charge on any atom is 0.410 e. The van der Waals surface area contributed by atoms with Gasteiger partial charge in [0.15, 0.2) is 0 Å². The highest BCUT2D eigenvalue weighted by Gasteiger charge is 2.51. The molecule has 12 nitrogen and oxygen atoms in total. The van der Waals surface area contributed by atoms with Crippen molar-refractivity contribution in [2.75, 3.05) is 13.7 Å². The molecule has 12 heteroatoms. The Morgan fingerprint density at radius 2 is 1.45 bits per heavy atom. The standard InChI is InChI=1S/C44H51N7O5/c1-25(2)37(49-42(53)55-6)41(52)51-33-18-17-32(22-33)38(51)40-46-23-34(48-40)27-11-9-26(10-12-27)28-13-14-30-21-31(16-15-29(30)20-28)35-24-45-39(47-35)36-8-7-19-50(36)43(54)56-44(3,4)5/h9-16,20-21,23-25,32-33,36-38H,7-8,17-19,22H2,1-6H3,(H,45,47)(H,46,48)(H,49,53)/t32-,33+,36+,37+,38+/m1/s1. The van der Waals surface area contributed by atoms with E-state index in [0.29, 0.717) is 12.5 Å². The van der Waals surface area contributed by atoms with Crippen LogP contribution < -0.4 is 5.32 Å². The van der Waals surface area contributed by atoms with Gasteiger partial charge in [-0.25, -0.2) is 19.6 Å². The van der Waals surface area contributed by atoms with E-state index in [1.807, 2.05) is 51.9 Å². The van der Waals surface area contributed by atoms with E-state index in [9.17, 15) is 14.4 Å². The first-order valence-electron chi connectivity index (χ1n) is 19.8. The summed E-state index contributed by atoms with van der Waals surface area (Å²) in [7, 11) is 1.31. The van der Waals surface area contributed by atoms with E-state index in [4.69, 9.17) is 14.5 Å². The molecule has 292 valence electrons. The van der Waals surface area contributed by atoms with Crippen LogP contribution in [0.2, 0.25) is 0 Å². The number of piperidine rings is 1. The molecule has 2 bridgehead atoms. The number of hydrogen-bond acceptors (Lipinski definition) is 7. The lowest BCUT2D eigenvalue weighted by atomic mass is 9.95. The van der Waals surface area contributed by atoms with Gasteiger partial charge in [-0.2, -0.15) is 0 Å². The summed E-state index contributed by atoms with van der Waals surface area (Å²) < 4.78 is 10.5. The third kappa shape index (κ3) is 7.24. The molecule has 8 rings (SSSR count). The predicted octanol–water partition coefficient (Wildman–Crippen LogP) is 8.79. The molecule has 2 aliphatic heterocycles. The fourth-order valence-corrected chi connectivity index (χ4v) is 8.83. The number of benzene rings is 3. The zero-order chi connectivity index (χ0) is 39.3. The van der Waals surface area contributed by atoms with Crippen LogP contribution in [0.1, 0.15) is 90.5 Å². The summed E-state index contributed by atoms with van der Waals surface area (Å²) in [6.07, 6.45) is 7.51. The molecule has 5 aromatic rings. The Balaban J connectivity index is 0.962. The minimum absolute atomic E-state index is 0.0838. The van der Waals surface area contributed by atoms with Crippen molar-refractivity contribution < 1.29 is 23.9 Å². The first kappa shape index (κ1) is 37.3. The topological polar surface area (TPSA) is 146 Å². The van der Waals surface area contributed by atoms with Crippen LogP contribution >= 0.6 is 0 Å². The quantitative estimate of drug-likeness (QED) is 0.143. The van der Waals surface area contributed by atoms with Gasteiger partial charge in [-0.15, -0.1) is 0 Å². The number of carbonyl (C=O) groups is 3. The third-order valence-corrected chi connectivity index (χ3v) is 11.6. The van der Waals surface area contributed by atoms with Crippen molar-refractivity contribution >= 4 is 28.9 Å². The number of carbonyl (C=O) groups excluding carboxylic acids is 3. The van der Waals surface area contributed by atoms with Gasteiger partial charge in [0, 0.05) is 18.2 Å². The average molecular weight is 758 g/mol. The highest BCUT2D eigenvalue weighted by molar-refractivity contribution is 5.91. The number of aromatic amines is 2. The molecule has 3 aliphatic rings. The lowest BCUT2D eigenvalue weighted by Gasteiger charge is -2.37. The SMILES string of the molecule is COC(=O)N[C@H](C(=O)N1[C@H]2CC[C@H](C2)[C@H]1c1ncc(-c2ccc(-c3ccc4cc(-c5cnc([C@@H]6CCCN6C(=O)OC(C)(C)C)[nH]5)ccc4c3)cc2)[nH]1)C(C)C. The molecule has 1 aliphatic carbocycles. The fraction of sp³-hybridized carbons (Fsp3) is 0.432. The molecule has 5 atom stereocenters. The number of rotatable bonds is 8. The van der Waals surface area contributed by atoms with Crippen molar-refractivity contribution in [2.24, 2.45) is 11.8 Å². The van der Waals surface area contributed by atoms with Crippen LogP contribution in [0.3, 0.4) is 0 Å². The van der Waals surface area contributed by atoms with Gasteiger partial charge in [-0.05, 0) is 104 Å². The van der Waals surface area contributed by atoms with Crippen molar-refractivity contribution in [3.8, 4) is 33.6 Å². The van der Waals surface area contributed by atoms with Gasteiger partial charge >= 0.3 is 12.2 Å². The van der Waals surface area contributed by atoms with Crippen LogP contribution in [-0.2, 0) is 14.3 Å². The Morgan fingerprint density at radius 3 is 2.14 bits per heavy atom. The van der Waals surface area contributed by atoms with Crippen molar-refractivity contribution in [1.82, 2.24) is 35.1 Å². The van der Waals surface area contributed by atoms with E-state index in [2.05, 4.69) is 80.9 Å². The highest BCUT2D eigenvalue weighted by Crippen LogP contribution is 2.50. The first-order chi connectivity index (χ1) is 26.9. The Morgan fingerprint density at radius 1 is 0.821 bits per heavy atom. The van der Waals surface area contributed by atoms with Crippen LogP contribution in [0.4, 0.5) is 9.59 Å². The molecule has 56 heavy (non-hydrogen) atoms. The second-order valence-electron chi connectivity index (χ2n) is 16.8. The number of methoxy groups -OCH3 is 1. The maximum absolute atomic E-state index is 13.9. The molecule has 2 saturated heterocycles. The van der Waals surface area contributed by atoms with Crippen molar-refractivity contribution in [2.45, 2.75) is 96.5 Å². The molecule has 3 N–H and O–H groups in total. The number of likely N-dealkylation sites (tertiary alicyclic amines) is 2. The number of amides is 3. The van der Waals surface area contributed by atoms with E-state index in [1.54, 1.807) is 4.90 Å². The highest BCUT2D eigenvalue weighted by atomic mass is 16.6. The van der Waals surface area contributed by atoms with Gasteiger partial charge in [0.1, 0.15) is 23.3 Å². The van der Waals surface area contributed by atoms with E-state index in [1.165, 1.54) is 7.11 Å². The van der Waals surface area contributed by atoms with E-state index in [-0.39, 0.29) is 36.0 Å². The molecule has 0 spiro atoms. The van der Waals surface area contributed by atoms with Gasteiger partial charge in [0.2, 0.25) is 5.91 Å². The van der Waals surface area contributed by atoms with Crippen molar-refractivity contribution in [1.29, 1.82) is 0 Å². The van der Waals surface area contributed by atoms with Crippen LogP contribution in [0.15, 0.2) is 73.1 Å². The summed E-state index contributed by atoms with van der Waals surface area (Å²) in [5.41, 5.74) is 5.52. The van der Waals surface area contributed by atoms with Crippen molar-refractivity contribution in [3.63, 3.8) is 0 Å². The normalized spacial score (nSPS) is 21.2. The third-order valence-electron chi connectivity index (χ3n) is 11.6. The smallest absolute Gasteiger partial charge is 0.410 e. The summed E-state index contributed by atoms with van der Waals surface area (Å²) >= 11 is 0. The Labute approximate surface area is 327 Å². The molecule has 2 aromatic heterocycles. The van der Waals surface area contributed by atoms with E-state index >= 15 is 0 Å². The first-order valence-corrected chi connectivity index (χ1v) is 19.8. The lowest BCUT2D eigenvalue weighted by molar-refractivity contribution is -0.139. The molecule has 0 unspecified atom stereocenters. The summed E-state index contributed by atoms with van der Waals surface area (Å²) in [6.45, 7) is 10.2. The molecule has 4 heterocycles. The van der Waals surface area contributed by atoms with Gasteiger partial charge in [0.05, 0.1) is 43.0 Å². The summed E-state index contributed by atoms with van der Waals surface area (Å²) in [5.74, 6) is 1.71. The zero-order valence-corrected chi connectivity index (χ0v) is 33.0. The van der Waals surface area contributed by atoms with Gasteiger partial charge in [0.25, 0.3) is 0 Å².